The number of para-hydroxylation sites is 1. The van der Waals surface area contributed by atoms with Crippen molar-refractivity contribution in [3.63, 3.8) is 0 Å². The van der Waals surface area contributed by atoms with Gasteiger partial charge in [0.15, 0.2) is 0 Å². The molecule has 37 heavy (non-hydrogen) atoms. The van der Waals surface area contributed by atoms with Crippen LogP contribution in [0.1, 0.15) is 23.2 Å². The molecule has 0 saturated carbocycles. The van der Waals surface area contributed by atoms with Gasteiger partial charge in [0.1, 0.15) is 11.9 Å². The van der Waals surface area contributed by atoms with Gasteiger partial charge in [-0.05, 0) is 72.1 Å². The Morgan fingerprint density at radius 3 is 2.32 bits per heavy atom. The molecule has 4 aromatic rings. The fourth-order valence-electron chi connectivity index (χ4n) is 4.49. The molecular formula is C28H24FN3O4S. The molecule has 1 heterocycles. The summed E-state index contributed by atoms with van der Waals surface area (Å²) in [6, 6.07) is 23.3. The molecule has 1 saturated heterocycles. The van der Waals surface area contributed by atoms with Crippen molar-refractivity contribution in [3.8, 4) is 0 Å². The standard InChI is InChI=1S/C28H24FN3O4S/c29-21-12-14-22(15-13-21)30-27(33)24-8-3-4-9-25(24)31-28(34)26-10-5-17-32(26)37(35,36)23-16-11-19-6-1-2-7-20(19)18-23/h1-4,6-9,11-16,18,26H,5,10,17H2,(H,30,33)(H,31,34)/t26-/m1/s1. The summed E-state index contributed by atoms with van der Waals surface area (Å²) in [5, 5.41) is 7.14. The number of rotatable bonds is 6. The number of nitrogens with zero attached hydrogens (tertiary/aromatic N) is 1. The van der Waals surface area contributed by atoms with Crippen molar-refractivity contribution in [3.05, 3.63) is 102 Å². The zero-order valence-corrected chi connectivity index (χ0v) is 20.5. The molecule has 0 aliphatic carbocycles. The summed E-state index contributed by atoms with van der Waals surface area (Å²) in [5.41, 5.74) is 0.847. The van der Waals surface area contributed by atoms with E-state index in [1.807, 2.05) is 24.3 Å². The minimum atomic E-state index is -3.92. The summed E-state index contributed by atoms with van der Waals surface area (Å²) in [6.45, 7) is 0.222. The zero-order chi connectivity index (χ0) is 26.0. The molecule has 2 amide bonds. The average molecular weight is 518 g/mol. The molecule has 1 aliphatic heterocycles. The monoisotopic (exact) mass is 517 g/mol. The Hall–Kier alpha value is -4.08. The third-order valence-corrected chi connectivity index (χ3v) is 8.27. The van der Waals surface area contributed by atoms with Gasteiger partial charge in [-0.15, -0.1) is 0 Å². The highest BCUT2D eigenvalue weighted by molar-refractivity contribution is 7.89. The summed E-state index contributed by atoms with van der Waals surface area (Å²) in [5.74, 6) is -1.43. The van der Waals surface area contributed by atoms with Crippen LogP contribution < -0.4 is 10.6 Å². The quantitative estimate of drug-likeness (QED) is 0.375. The highest BCUT2D eigenvalue weighted by Gasteiger charge is 2.39. The van der Waals surface area contributed by atoms with Crippen LogP contribution in [0.3, 0.4) is 0 Å². The Morgan fingerprint density at radius 1 is 0.838 bits per heavy atom. The van der Waals surface area contributed by atoms with Crippen LogP contribution in [0.5, 0.6) is 0 Å². The van der Waals surface area contributed by atoms with Gasteiger partial charge in [-0.1, -0.05) is 42.5 Å². The fraction of sp³-hybridized carbons (Fsp3) is 0.143. The first-order chi connectivity index (χ1) is 17.8. The van der Waals surface area contributed by atoms with Crippen molar-refractivity contribution in [2.45, 2.75) is 23.8 Å². The summed E-state index contributed by atoms with van der Waals surface area (Å²) in [7, 11) is -3.92. The number of nitrogens with one attached hydrogen (secondary N) is 2. The smallest absolute Gasteiger partial charge is 0.257 e. The maximum atomic E-state index is 13.5. The number of carbonyl (C=O) groups is 2. The number of amides is 2. The zero-order valence-electron chi connectivity index (χ0n) is 19.7. The molecule has 0 unspecified atom stereocenters. The van der Waals surface area contributed by atoms with Crippen LogP contribution in [0.2, 0.25) is 0 Å². The number of fused-ring (bicyclic) bond motifs is 1. The molecule has 0 radical (unpaired) electrons. The van der Waals surface area contributed by atoms with Gasteiger partial charge in [-0.3, -0.25) is 9.59 Å². The van der Waals surface area contributed by atoms with Gasteiger partial charge in [0.05, 0.1) is 16.1 Å². The number of benzene rings is 4. The van der Waals surface area contributed by atoms with E-state index in [1.54, 1.807) is 42.5 Å². The molecule has 7 nitrogen and oxygen atoms in total. The van der Waals surface area contributed by atoms with Gasteiger partial charge < -0.3 is 10.6 Å². The van der Waals surface area contributed by atoms with E-state index in [-0.39, 0.29) is 22.7 Å². The lowest BCUT2D eigenvalue weighted by Crippen LogP contribution is -2.43. The van der Waals surface area contributed by atoms with Crippen LogP contribution in [-0.2, 0) is 14.8 Å². The van der Waals surface area contributed by atoms with E-state index in [2.05, 4.69) is 10.6 Å². The first kappa shape index (κ1) is 24.6. The van der Waals surface area contributed by atoms with E-state index in [0.717, 1.165) is 10.8 Å². The molecular weight excluding hydrogens is 493 g/mol. The van der Waals surface area contributed by atoms with Crippen molar-refractivity contribution in [2.24, 2.45) is 0 Å². The van der Waals surface area contributed by atoms with Gasteiger partial charge in [0.2, 0.25) is 15.9 Å². The first-order valence-corrected chi connectivity index (χ1v) is 13.2. The molecule has 0 aromatic heterocycles. The lowest BCUT2D eigenvalue weighted by atomic mass is 10.1. The van der Waals surface area contributed by atoms with Crippen molar-refractivity contribution in [1.29, 1.82) is 0 Å². The van der Waals surface area contributed by atoms with Gasteiger partial charge in [-0.2, -0.15) is 4.31 Å². The molecule has 2 N–H and O–H groups in total. The molecule has 9 heteroatoms. The summed E-state index contributed by atoms with van der Waals surface area (Å²) in [4.78, 5) is 26.3. The molecule has 5 rings (SSSR count). The van der Waals surface area contributed by atoms with E-state index in [9.17, 15) is 22.4 Å². The maximum Gasteiger partial charge on any atom is 0.257 e. The Morgan fingerprint density at radius 2 is 1.54 bits per heavy atom. The van der Waals surface area contributed by atoms with Crippen molar-refractivity contribution < 1.29 is 22.4 Å². The van der Waals surface area contributed by atoms with Gasteiger partial charge in [0, 0.05) is 12.2 Å². The SMILES string of the molecule is O=C(Nc1ccc(F)cc1)c1ccccc1NC(=O)[C@H]1CCCN1S(=O)(=O)c1ccc2ccccc2c1. The number of hydrogen-bond acceptors (Lipinski definition) is 4. The predicted octanol–water partition coefficient (Wildman–Crippen LogP) is 5.02. The van der Waals surface area contributed by atoms with Crippen molar-refractivity contribution in [1.82, 2.24) is 4.31 Å². The third kappa shape index (κ3) is 5.09. The normalized spacial score (nSPS) is 16.0. The minimum absolute atomic E-state index is 0.130. The van der Waals surface area contributed by atoms with E-state index >= 15 is 0 Å². The second kappa shape index (κ2) is 10.1. The second-order valence-corrected chi connectivity index (χ2v) is 10.7. The third-order valence-electron chi connectivity index (χ3n) is 6.37. The number of halogens is 1. The Labute approximate surface area is 214 Å². The lowest BCUT2D eigenvalue weighted by molar-refractivity contribution is -0.119. The second-order valence-electron chi connectivity index (χ2n) is 8.78. The largest absolute Gasteiger partial charge is 0.324 e. The Bertz CT molecular complexity index is 1590. The van der Waals surface area contributed by atoms with Gasteiger partial charge in [-0.25, -0.2) is 12.8 Å². The highest BCUT2D eigenvalue weighted by Crippen LogP contribution is 2.29. The van der Waals surface area contributed by atoms with E-state index in [4.69, 9.17) is 0 Å². The van der Waals surface area contributed by atoms with E-state index < -0.39 is 33.7 Å². The summed E-state index contributed by atoms with van der Waals surface area (Å²) in [6.07, 6.45) is 0.903. The van der Waals surface area contributed by atoms with E-state index in [0.29, 0.717) is 18.5 Å². The van der Waals surface area contributed by atoms with Crippen LogP contribution in [0.4, 0.5) is 15.8 Å². The van der Waals surface area contributed by atoms with Gasteiger partial charge >= 0.3 is 0 Å². The van der Waals surface area contributed by atoms with Gasteiger partial charge in [0.25, 0.3) is 5.91 Å². The predicted molar refractivity (Wildman–Crippen MR) is 140 cm³/mol. The molecule has 1 aliphatic rings. The topological polar surface area (TPSA) is 95.6 Å². The molecule has 1 atom stereocenters. The summed E-state index contributed by atoms with van der Waals surface area (Å²) < 4.78 is 41.4. The minimum Gasteiger partial charge on any atom is -0.324 e. The Balaban J connectivity index is 1.36. The maximum absolute atomic E-state index is 13.5. The lowest BCUT2D eigenvalue weighted by Gasteiger charge is -2.24. The summed E-state index contributed by atoms with van der Waals surface area (Å²) >= 11 is 0. The number of hydrogen-bond donors (Lipinski definition) is 2. The average Bonchev–Trinajstić information content (AvgIpc) is 3.41. The fourth-order valence-corrected chi connectivity index (χ4v) is 6.18. The number of carbonyl (C=O) groups excluding carboxylic acids is 2. The number of anilines is 2. The van der Waals surface area contributed by atoms with Crippen LogP contribution >= 0.6 is 0 Å². The molecule has 1 fully saturated rings. The van der Waals surface area contributed by atoms with Crippen LogP contribution in [0, 0.1) is 5.82 Å². The van der Waals surface area contributed by atoms with E-state index in [1.165, 1.54) is 28.6 Å². The molecule has 4 aromatic carbocycles. The molecule has 0 spiro atoms. The molecule has 0 bridgehead atoms. The van der Waals surface area contributed by atoms with Crippen LogP contribution in [0.25, 0.3) is 10.8 Å². The first-order valence-electron chi connectivity index (χ1n) is 11.8. The number of sulfonamides is 1. The highest BCUT2D eigenvalue weighted by atomic mass is 32.2. The van der Waals surface area contributed by atoms with Crippen LogP contribution in [-0.4, -0.2) is 37.1 Å². The molecule has 188 valence electrons. The van der Waals surface area contributed by atoms with Crippen molar-refractivity contribution >= 4 is 44.0 Å². The van der Waals surface area contributed by atoms with Crippen molar-refractivity contribution in [2.75, 3.05) is 17.2 Å². The van der Waals surface area contributed by atoms with Crippen LogP contribution in [0.15, 0.2) is 95.9 Å². The Kier molecular flexibility index (Phi) is 6.73.